The van der Waals surface area contributed by atoms with E-state index in [-0.39, 0.29) is 13.2 Å². The van der Waals surface area contributed by atoms with Crippen LogP contribution in [-0.4, -0.2) is 43.3 Å². The number of carboxylic acid groups (broad SMARTS) is 1. The molecular formula is C8H16NO6P. The second-order valence-electron chi connectivity index (χ2n) is 2.63. The van der Waals surface area contributed by atoms with Gasteiger partial charge < -0.3 is 19.0 Å². The number of hydrogen-bond acceptors (Lipinski definition) is 6. The van der Waals surface area contributed by atoms with Crippen LogP contribution in [0.1, 0.15) is 13.8 Å². The van der Waals surface area contributed by atoms with Gasteiger partial charge in [0.2, 0.25) is 0 Å². The van der Waals surface area contributed by atoms with Crippen molar-refractivity contribution in [1.82, 2.24) is 0 Å². The van der Waals surface area contributed by atoms with Crippen LogP contribution in [0.25, 0.3) is 0 Å². The van der Waals surface area contributed by atoms with Crippen LogP contribution in [0.15, 0.2) is 5.16 Å². The van der Waals surface area contributed by atoms with Crippen LogP contribution in [0, 0.1) is 0 Å². The molecule has 8 heteroatoms. The van der Waals surface area contributed by atoms with E-state index in [1.54, 1.807) is 13.8 Å². The van der Waals surface area contributed by atoms with E-state index in [1.807, 2.05) is 0 Å². The topological polar surface area (TPSA) is 94.4 Å². The van der Waals surface area contributed by atoms with Crippen molar-refractivity contribution in [2.24, 2.45) is 5.16 Å². The van der Waals surface area contributed by atoms with Crippen LogP contribution in [0.2, 0.25) is 0 Å². The third-order valence-electron chi connectivity index (χ3n) is 1.44. The van der Waals surface area contributed by atoms with Crippen molar-refractivity contribution in [2.75, 3.05) is 26.5 Å². The largest absolute Gasteiger partial charge is 0.477 e. The predicted octanol–water partition coefficient (Wildman–Crippen LogP) is 1.34. The molecule has 0 fully saturated rings. The summed E-state index contributed by atoms with van der Waals surface area (Å²) in [4.78, 5) is 15.1. The molecule has 0 atom stereocenters. The summed E-state index contributed by atoms with van der Waals surface area (Å²) in [7, 11) is -2.25. The molecule has 0 bridgehead atoms. The van der Waals surface area contributed by atoms with Gasteiger partial charge in [0.1, 0.15) is 13.3 Å². The van der Waals surface area contributed by atoms with Gasteiger partial charge >= 0.3 is 13.6 Å². The highest BCUT2D eigenvalue weighted by atomic mass is 31.2. The van der Waals surface area contributed by atoms with Crippen molar-refractivity contribution in [2.45, 2.75) is 13.8 Å². The van der Waals surface area contributed by atoms with E-state index in [0.29, 0.717) is 0 Å². The Morgan fingerprint density at radius 2 is 1.81 bits per heavy atom. The summed E-state index contributed by atoms with van der Waals surface area (Å²) in [5, 5.41) is 12.0. The fourth-order valence-corrected chi connectivity index (χ4v) is 2.55. The third kappa shape index (κ3) is 5.25. The van der Waals surface area contributed by atoms with Gasteiger partial charge in [0.25, 0.3) is 0 Å². The van der Waals surface area contributed by atoms with Gasteiger partial charge in [-0.2, -0.15) is 0 Å². The van der Waals surface area contributed by atoms with Gasteiger partial charge in [-0.1, -0.05) is 5.16 Å². The SMILES string of the molecule is CCOP(=O)(C/C(=N\OC)C(=O)O)OCC. The van der Waals surface area contributed by atoms with Gasteiger partial charge in [-0.25, -0.2) is 4.79 Å². The lowest BCUT2D eigenvalue weighted by Gasteiger charge is -2.16. The van der Waals surface area contributed by atoms with E-state index < -0.39 is 25.4 Å². The van der Waals surface area contributed by atoms with Gasteiger partial charge in [0.05, 0.1) is 13.2 Å². The summed E-state index contributed by atoms with van der Waals surface area (Å²) in [6.45, 7) is 3.60. The number of carbonyl (C=O) groups is 1. The van der Waals surface area contributed by atoms with Gasteiger partial charge in [-0.3, -0.25) is 4.57 Å². The van der Waals surface area contributed by atoms with Gasteiger partial charge in [0, 0.05) is 0 Å². The Balaban J connectivity index is 4.77. The first-order chi connectivity index (χ1) is 7.49. The maximum absolute atomic E-state index is 12.0. The Bertz CT molecular complexity index is 293. The summed E-state index contributed by atoms with van der Waals surface area (Å²) >= 11 is 0. The Hall–Kier alpha value is -0.910. The van der Waals surface area contributed by atoms with E-state index in [0.717, 1.165) is 0 Å². The number of aliphatic carboxylic acids is 1. The van der Waals surface area contributed by atoms with Crippen molar-refractivity contribution in [3.8, 4) is 0 Å². The average Bonchev–Trinajstić information content (AvgIpc) is 2.17. The number of hydrogen-bond donors (Lipinski definition) is 1. The summed E-state index contributed by atoms with van der Waals surface area (Å²) < 4.78 is 21.8. The van der Waals surface area contributed by atoms with E-state index in [2.05, 4.69) is 9.99 Å². The molecule has 0 aliphatic carbocycles. The van der Waals surface area contributed by atoms with E-state index >= 15 is 0 Å². The maximum atomic E-state index is 12.0. The fourth-order valence-electron chi connectivity index (χ4n) is 0.951. The minimum absolute atomic E-state index is 0.164. The van der Waals surface area contributed by atoms with Crippen LogP contribution >= 0.6 is 7.60 Å². The molecule has 0 aliphatic heterocycles. The molecule has 0 aromatic carbocycles. The monoisotopic (exact) mass is 253 g/mol. The molecule has 0 rings (SSSR count). The number of carboxylic acids is 1. The standard InChI is InChI=1S/C8H16NO6P/c1-4-14-16(12,15-5-2)6-7(8(10)11)9-13-3/h4-6H2,1-3H3,(H,10,11)/b9-7+. The molecule has 0 amide bonds. The molecule has 0 aromatic heterocycles. The summed E-state index contributed by atoms with van der Waals surface area (Å²) in [5.41, 5.74) is -0.396. The lowest BCUT2D eigenvalue weighted by atomic mass is 10.4. The molecule has 0 aromatic rings. The second-order valence-corrected chi connectivity index (χ2v) is 4.68. The Kier molecular flexibility index (Phi) is 6.96. The summed E-state index contributed by atoms with van der Waals surface area (Å²) in [6.07, 6.45) is -0.419. The number of oxime groups is 1. The Labute approximate surface area is 93.9 Å². The first-order valence-electron chi connectivity index (χ1n) is 4.70. The minimum Gasteiger partial charge on any atom is -0.477 e. The van der Waals surface area contributed by atoms with Crippen molar-refractivity contribution in [3.05, 3.63) is 0 Å². The van der Waals surface area contributed by atoms with Crippen LogP contribution in [-0.2, 0) is 23.2 Å². The highest BCUT2D eigenvalue weighted by molar-refractivity contribution is 7.55. The van der Waals surface area contributed by atoms with Crippen molar-refractivity contribution in [3.63, 3.8) is 0 Å². The predicted molar refractivity (Wildman–Crippen MR) is 57.8 cm³/mol. The van der Waals surface area contributed by atoms with E-state index in [9.17, 15) is 9.36 Å². The Morgan fingerprint density at radius 3 is 2.12 bits per heavy atom. The third-order valence-corrected chi connectivity index (χ3v) is 3.43. The Morgan fingerprint density at radius 1 is 1.31 bits per heavy atom. The smallest absolute Gasteiger partial charge is 0.354 e. The molecule has 0 unspecified atom stereocenters. The average molecular weight is 253 g/mol. The molecule has 0 saturated carbocycles. The minimum atomic E-state index is -3.45. The maximum Gasteiger partial charge on any atom is 0.354 e. The van der Waals surface area contributed by atoms with Crippen molar-refractivity contribution >= 4 is 19.3 Å². The van der Waals surface area contributed by atoms with Crippen LogP contribution in [0.5, 0.6) is 0 Å². The molecule has 94 valence electrons. The van der Waals surface area contributed by atoms with E-state index in [4.69, 9.17) is 14.2 Å². The summed E-state index contributed by atoms with van der Waals surface area (Å²) in [6, 6.07) is 0. The fraction of sp³-hybridized carbons (Fsp3) is 0.750. The zero-order valence-electron chi connectivity index (χ0n) is 9.50. The van der Waals surface area contributed by atoms with Gasteiger partial charge in [-0.15, -0.1) is 0 Å². The number of nitrogens with zero attached hydrogens (tertiary/aromatic N) is 1. The molecule has 0 radical (unpaired) electrons. The zero-order chi connectivity index (χ0) is 12.6. The first-order valence-corrected chi connectivity index (χ1v) is 6.43. The van der Waals surface area contributed by atoms with Crippen molar-refractivity contribution < 1.29 is 28.4 Å². The zero-order valence-corrected chi connectivity index (χ0v) is 10.4. The van der Waals surface area contributed by atoms with Crippen LogP contribution in [0.3, 0.4) is 0 Å². The molecule has 7 nitrogen and oxygen atoms in total. The van der Waals surface area contributed by atoms with Gasteiger partial charge in [-0.05, 0) is 13.8 Å². The molecule has 0 heterocycles. The highest BCUT2D eigenvalue weighted by Crippen LogP contribution is 2.47. The first kappa shape index (κ1) is 15.1. The highest BCUT2D eigenvalue weighted by Gasteiger charge is 2.29. The van der Waals surface area contributed by atoms with Crippen LogP contribution in [0.4, 0.5) is 0 Å². The second kappa shape index (κ2) is 7.38. The molecule has 0 aliphatic rings. The quantitative estimate of drug-likeness (QED) is 0.398. The normalized spacial score (nSPS) is 12.6. The molecule has 16 heavy (non-hydrogen) atoms. The van der Waals surface area contributed by atoms with Crippen LogP contribution < -0.4 is 0 Å². The lowest BCUT2D eigenvalue weighted by molar-refractivity contribution is -0.129. The summed E-state index contributed by atoms with van der Waals surface area (Å²) in [5.74, 6) is -1.32. The van der Waals surface area contributed by atoms with E-state index in [1.165, 1.54) is 7.11 Å². The molecule has 1 N–H and O–H groups in total. The number of rotatable bonds is 8. The lowest BCUT2D eigenvalue weighted by Crippen LogP contribution is -2.19. The van der Waals surface area contributed by atoms with Crippen molar-refractivity contribution in [1.29, 1.82) is 0 Å². The molecule has 0 spiro atoms. The molecule has 0 saturated heterocycles. The molecular weight excluding hydrogens is 237 g/mol. The van der Waals surface area contributed by atoms with Gasteiger partial charge in [0.15, 0.2) is 5.71 Å².